The maximum absolute atomic E-state index is 12.3. The Morgan fingerprint density at radius 2 is 1.88 bits per heavy atom. The van der Waals surface area contributed by atoms with Crippen molar-refractivity contribution in [2.45, 2.75) is 17.4 Å². The lowest BCUT2D eigenvalue weighted by Crippen LogP contribution is -2.22. The molecule has 25 heavy (non-hydrogen) atoms. The maximum atomic E-state index is 12.3. The molecule has 1 N–H and O–H groups in total. The summed E-state index contributed by atoms with van der Waals surface area (Å²) in [5, 5.41) is 19.5. The van der Waals surface area contributed by atoms with E-state index in [1.807, 2.05) is 36.4 Å². The van der Waals surface area contributed by atoms with Gasteiger partial charge in [-0.2, -0.15) is 5.26 Å². The number of anilines is 1. The molecule has 0 aliphatic heterocycles. The third kappa shape index (κ3) is 4.25. The highest BCUT2D eigenvalue weighted by Crippen LogP contribution is 2.26. The fraction of sp³-hybridized carbons (Fsp3) is 0.111. The van der Waals surface area contributed by atoms with Crippen LogP contribution in [0.1, 0.15) is 12.5 Å². The summed E-state index contributed by atoms with van der Waals surface area (Å²) in [6, 6.07) is 18.2. The Labute approximate surface area is 148 Å². The number of nitriles is 1. The predicted molar refractivity (Wildman–Crippen MR) is 94.8 cm³/mol. The Kier molecular flexibility index (Phi) is 5.11. The molecule has 1 amide bonds. The second kappa shape index (κ2) is 7.64. The van der Waals surface area contributed by atoms with Gasteiger partial charge in [-0.1, -0.05) is 30.0 Å². The number of hydrogen-bond donors (Lipinski definition) is 1. The van der Waals surface area contributed by atoms with Crippen LogP contribution < -0.4 is 5.32 Å². The van der Waals surface area contributed by atoms with Crippen molar-refractivity contribution in [3.05, 3.63) is 60.2 Å². The molecule has 0 aliphatic carbocycles. The molecule has 0 saturated carbocycles. The maximum Gasteiger partial charge on any atom is 0.277 e. The SMILES string of the molecule is C[C@H](Sc1nnc(-c2ccccc2)o1)C(=O)Nc1ccc(C#N)cc1. The second-order valence-electron chi connectivity index (χ2n) is 5.18. The first-order chi connectivity index (χ1) is 12.2. The molecule has 6 nitrogen and oxygen atoms in total. The first-order valence-electron chi connectivity index (χ1n) is 7.52. The van der Waals surface area contributed by atoms with Gasteiger partial charge in [0.25, 0.3) is 5.22 Å². The fourth-order valence-corrected chi connectivity index (χ4v) is 2.71. The summed E-state index contributed by atoms with van der Waals surface area (Å²) < 4.78 is 5.60. The molecule has 2 aromatic carbocycles. The largest absolute Gasteiger partial charge is 0.411 e. The first-order valence-corrected chi connectivity index (χ1v) is 8.40. The lowest BCUT2D eigenvalue weighted by atomic mass is 10.2. The summed E-state index contributed by atoms with van der Waals surface area (Å²) in [6.07, 6.45) is 0. The molecule has 1 aromatic heterocycles. The van der Waals surface area contributed by atoms with Crippen molar-refractivity contribution in [2.24, 2.45) is 0 Å². The van der Waals surface area contributed by atoms with Crippen LogP contribution in [0.2, 0.25) is 0 Å². The van der Waals surface area contributed by atoms with Crippen LogP contribution >= 0.6 is 11.8 Å². The summed E-state index contributed by atoms with van der Waals surface area (Å²) in [7, 11) is 0. The Morgan fingerprint density at radius 1 is 1.16 bits per heavy atom. The fourth-order valence-electron chi connectivity index (χ4n) is 2.03. The molecule has 0 aliphatic rings. The zero-order chi connectivity index (χ0) is 17.6. The zero-order valence-electron chi connectivity index (χ0n) is 13.3. The Hall–Kier alpha value is -3.11. The molecular weight excluding hydrogens is 336 g/mol. The van der Waals surface area contributed by atoms with Crippen molar-refractivity contribution in [1.82, 2.24) is 10.2 Å². The van der Waals surface area contributed by atoms with Crippen LogP contribution in [-0.2, 0) is 4.79 Å². The normalized spacial score (nSPS) is 11.5. The first kappa shape index (κ1) is 16.7. The predicted octanol–water partition coefficient (Wildman–Crippen LogP) is 3.73. The van der Waals surface area contributed by atoms with Crippen LogP contribution in [0.3, 0.4) is 0 Å². The van der Waals surface area contributed by atoms with E-state index in [-0.39, 0.29) is 5.91 Å². The highest BCUT2D eigenvalue weighted by molar-refractivity contribution is 8.00. The van der Waals surface area contributed by atoms with Gasteiger partial charge in [0.05, 0.1) is 16.9 Å². The molecular formula is C18H14N4O2S. The number of thioether (sulfide) groups is 1. The van der Waals surface area contributed by atoms with Gasteiger partial charge in [-0.05, 0) is 43.3 Å². The van der Waals surface area contributed by atoms with Crippen LogP contribution in [0, 0.1) is 11.3 Å². The minimum Gasteiger partial charge on any atom is -0.411 e. The highest BCUT2D eigenvalue weighted by Gasteiger charge is 2.19. The van der Waals surface area contributed by atoms with E-state index < -0.39 is 5.25 Å². The number of aromatic nitrogens is 2. The zero-order valence-corrected chi connectivity index (χ0v) is 14.2. The van der Waals surface area contributed by atoms with E-state index in [0.717, 1.165) is 5.56 Å². The number of nitrogens with one attached hydrogen (secondary N) is 1. The molecule has 3 rings (SSSR count). The Morgan fingerprint density at radius 3 is 2.56 bits per heavy atom. The minimum absolute atomic E-state index is 0.186. The number of nitrogens with zero attached hydrogens (tertiary/aromatic N) is 3. The monoisotopic (exact) mass is 350 g/mol. The van der Waals surface area contributed by atoms with E-state index >= 15 is 0 Å². The minimum atomic E-state index is -0.417. The van der Waals surface area contributed by atoms with E-state index in [4.69, 9.17) is 9.68 Å². The van der Waals surface area contributed by atoms with E-state index in [2.05, 4.69) is 15.5 Å². The topological polar surface area (TPSA) is 91.8 Å². The van der Waals surface area contributed by atoms with Crippen LogP contribution in [0.4, 0.5) is 5.69 Å². The third-order valence-electron chi connectivity index (χ3n) is 3.36. The van der Waals surface area contributed by atoms with Crippen LogP contribution in [0.25, 0.3) is 11.5 Å². The van der Waals surface area contributed by atoms with Gasteiger partial charge in [-0.3, -0.25) is 4.79 Å². The molecule has 0 spiro atoms. The van der Waals surface area contributed by atoms with E-state index in [1.165, 1.54) is 11.8 Å². The molecule has 7 heteroatoms. The van der Waals surface area contributed by atoms with Crippen molar-refractivity contribution in [3.8, 4) is 17.5 Å². The quantitative estimate of drug-likeness (QED) is 0.705. The Balaban J connectivity index is 1.61. The number of benzene rings is 2. The van der Waals surface area contributed by atoms with Crippen molar-refractivity contribution in [1.29, 1.82) is 5.26 Å². The molecule has 1 heterocycles. The number of hydrogen-bond acceptors (Lipinski definition) is 6. The second-order valence-corrected chi connectivity index (χ2v) is 6.47. The average Bonchev–Trinajstić information content (AvgIpc) is 3.11. The summed E-state index contributed by atoms with van der Waals surface area (Å²) in [4.78, 5) is 12.3. The average molecular weight is 350 g/mol. The summed E-state index contributed by atoms with van der Waals surface area (Å²) >= 11 is 1.19. The van der Waals surface area contributed by atoms with Gasteiger partial charge >= 0.3 is 0 Å². The lowest BCUT2D eigenvalue weighted by Gasteiger charge is -2.09. The molecule has 0 bridgehead atoms. The van der Waals surface area contributed by atoms with Crippen LogP contribution in [0.15, 0.2) is 64.2 Å². The van der Waals surface area contributed by atoms with Gasteiger partial charge in [-0.25, -0.2) is 0 Å². The van der Waals surface area contributed by atoms with Gasteiger partial charge in [0.15, 0.2) is 0 Å². The van der Waals surface area contributed by atoms with Gasteiger partial charge in [0.2, 0.25) is 11.8 Å². The smallest absolute Gasteiger partial charge is 0.277 e. The summed E-state index contributed by atoms with van der Waals surface area (Å²) in [5.74, 6) is 0.233. The molecule has 0 fully saturated rings. The number of carbonyl (C=O) groups excluding carboxylic acids is 1. The molecule has 3 aromatic rings. The molecule has 1 atom stereocenters. The van der Waals surface area contributed by atoms with Crippen molar-refractivity contribution < 1.29 is 9.21 Å². The molecule has 0 unspecified atom stereocenters. The highest BCUT2D eigenvalue weighted by atomic mass is 32.2. The van der Waals surface area contributed by atoms with E-state index in [9.17, 15) is 4.79 Å². The Bertz CT molecular complexity index is 901. The van der Waals surface area contributed by atoms with Gasteiger partial charge in [0.1, 0.15) is 0 Å². The lowest BCUT2D eigenvalue weighted by molar-refractivity contribution is -0.115. The number of carbonyl (C=O) groups is 1. The molecule has 124 valence electrons. The van der Waals surface area contributed by atoms with Gasteiger partial charge in [-0.15, -0.1) is 10.2 Å². The molecule has 0 saturated heterocycles. The standard InChI is InChI=1S/C18H14N4O2S/c1-12(16(23)20-15-9-7-13(11-19)8-10-15)25-18-22-21-17(24-18)14-5-3-2-4-6-14/h2-10,12H,1H3,(H,20,23)/t12-/m0/s1. The van der Waals surface area contributed by atoms with Gasteiger partial charge < -0.3 is 9.73 Å². The number of amides is 1. The number of rotatable bonds is 5. The van der Waals surface area contributed by atoms with E-state index in [0.29, 0.717) is 22.4 Å². The van der Waals surface area contributed by atoms with Crippen molar-refractivity contribution in [3.63, 3.8) is 0 Å². The third-order valence-corrected chi connectivity index (χ3v) is 4.29. The van der Waals surface area contributed by atoms with E-state index in [1.54, 1.807) is 31.2 Å². The summed E-state index contributed by atoms with van der Waals surface area (Å²) in [6.45, 7) is 1.76. The van der Waals surface area contributed by atoms with Crippen molar-refractivity contribution in [2.75, 3.05) is 5.32 Å². The summed E-state index contributed by atoms with van der Waals surface area (Å²) in [5.41, 5.74) is 2.00. The van der Waals surface area contributed by atoms with Crippen LogP contribution in [-0.4, -0.2) is 21.4 Å². The molecule has 0 radical (unpaired) electrons. The van der Waals surface area contributed by atoms with Gasteiger partial charge in [0, 0.05) is 11.3 Å². The van der Waals surface area contributed by atoms with Crippen molar-refractivity contribution >= 4 is 23.4 Å². The van der Waals surface area contributed by atoms with Crippen LogP contribution in [0.5, 0.6) is 0 Å².